The van der Waals surface area contributed by atoms with Gasteiger partial charge in [0.25, 0.3) is 0 Å². The molecule has 1 aliphatic carbocycles. The van der Waals surface area contributed by atoms with E-state index in [9.17, 15) is 4.79 Å². The van der Waals surface area contributed by atoms with Gasteiger partial charge < -0.3 is 9.88 Å². The van der Waals surface area contributed by atoms with Gasteiger partial charge in [0.15, 0.2) is 0 Å². The van der Waals surface area contributed by atoms with Gasteiger partial charge in [-0.05, 0) is 36.3 Å². The van der Waals surface area contributed by atoms with Gasteiger partial charge in [-0.3, -0.25) is 4.79 Å². The number of nitrogens with one attached hydrogen (secondary N) is 1. The smallest absolute Gasteiger partial charge is 0.220 e. The molecule has 2 aromatic rings. The van der Waals surface area contributed by atoms with Crippen molar-refractivity contribution in [3.8, 4) is 0 Å². The highest BCUT2D eigenvalue weighted by Gasteiger charge is 2.23. The molecule has 0 unspecified atom stereocenters. The lowest BCUT2D eigenvalue weighted by Gasteiger charge is -2.12. The standard InChI is InChI=1S/C17H21N3O/c21-17(19-8-3-10-20-11-9-18-13-20)12-15-7-6-14-4-1-2-5-16(14)15/h1-2,4-5,9,11,13,15H,3,6-8,10,12H2,(H,19,21)/t15-/m1/s1. The molecule has 1 N–H and O–H groups in total. The number of nitrogens with zero attached hydrogens (tertiary/aromatic N) is 2. The maximum absolute atomic E-state index is 12.0. The highest BCUT2D eigenvalue weighted by atomic mass is 16.1. The second-order valence-corrected chi connectivity index (χ2v) is 5.64. The van der Waals surface area contributed by atoms with Gasteiger partial charge in [0, 0.05) is 31.9 Å². The Bertz CT molecular complexity index is 592. The first kappa shape index (κ1) is 13.9. The van der Waals surface area contributed by atoms with Crippen LogP contribution in [0, 0.1) is 0 Å². The van der Waals surface area contributed by atoms with E-state index in [1.165, 1.54) is 11.1 Å². The van der Waals surface area contributed by atoms with Crippen LogP contribution in [0.4, 0.5) is 0 Å². The van der Waals surface area contributed by atoms with Crippen LogP contribution < -0.4 is 5.32 Å². The topological polar surface area (TPSA) is 46.9 Å². The van der Waals surface area contributed by atoms with Crippen molar-refractivity contribution in [2.24, 2.45) is 0 Å². The van der Waals surface area contributed by atoms with Gasteiger partial charge in [-0.15, -0.1) is 0 Å². The van der Waals surface area contributed by atoms with E-state index in [0.717, 1.165) is 32.4 Å². The van der Waals surface area contributed by atoms with Crippen LogP contribution in [0.3, 0.4) is 0 Å². The number of fused-ring (bicyclic) bond motifs is 1. The second kappa shape index (κ2) is 6.57. The van der Waals surface area contributed by atoms with Crippen molar-refractivity contribution in [3.05, 3.63) is 54.1 Å². The molecular weight excluding hydrogens is 262 g/mol. The zero-order chi connectivity index (χ0) is 14.5. The number of hydrogen-bond acceptors (Lipinski definition) is 2. The molecule has 0 radical (unpaired) electrons. The van der Waals surface area contributed by atoms with E-state index >= 15 is 0 Å². The maximum Gasteiger partial charge on any atom is 0.220 e. The molecule has 1 atom stereocenters. The third-order valence-corrected chi connectivity index (χ3v) is 4.16. The molecule has 1 aromatic carbocycles. The van der Waals surface area contributed by atoms with Gasteiger partial charge in [-0.1, -0.05) is 24.3 Å². The van der Waals surface area contributed by atoms with E-state index in [4.69, 9.17) is 0 Å². The van der Waals surface area contributed by atoms with Crippen LogP contribution in [-0.2, 0) is 17.8 Å². The van der Waals surface area contributed by atoms with Crippen molar-refractivity contribution in [2.45, 2.75) is 38.1 Å². The Kier molecular flexibility index (Phi) is 4.34. The highest BCUT2D eigenvalue weighted by molar-refractivity contribution is 5.77. The molecule has 110 valence electrons. The molecule has 0 aliphatic heterocycles. The van der Waals surface area contributed by atoms with Crippen LogP contribution >= 0.6 is 0 Å². The largest absolute Gasteiger partial charge is 0.356 e. The summed E-state index contributed by atoms with van der Waals surface area (Å²) in [5.74, 6) is 0.567. The van der Waals surface area contributed by atoms with Crippen molar-refractivity contribution in [1.82, 2.24) is 14.9 Å². The van der Waals surface area contributed by atoms with Crippen molar-refractivity contribution in [1.29, 1.82) is 0 Å². The van der Waals surface area contributed by atoms with E-state index < -0.39 is 0 Å². The van der Waals surface area contributed by atoms with Crippen LogP contribution in [0.1, 0.15) is 36.3 Å². The van der Waals surface area contributed by atoms with Gasteiger partial charge in [0.05, 0.1) is 6.33 Å². The lowest BCUT2D eigenvalue weighted by molar-refractivity contribution is -0.121. The molecule has 0 saturated carbocycles. The molecule has 21 heavy (non-hydrogen) atoms. The number of hydrogen-bond donors (Lipinski definition) is 1. The zero-order valence-electron chi connectivity index (χ0n) is 12.2. The Labute approximate surface area is 125 Å². The molecule has 4 heteroatoms. The number of benzene rings is 1. The highest BCUT2D eigenvalue weighted by Crippen LogP contribution is 2.34. The molecule has 3 rings (SSSR count). The Balaban J connectivity index is 1.41. The first-order chi connectivity index (χ1) is 10.3. The molecule has 1 heterocycles. The predicted octanol–water partition coefficient (Wildman–Crippen LogP) is 2.51. The number of aryl methyl sites for hydroxylation is 2. The van der Waals surface area contributed by atoms with E-state index in [1.807, 2.05) is 10.8 Å². The summed E-state index contributed by atoms with van der Waals surface area (Å²) >= 11 is 0. The average molecular weight is 283 g/mol. The fourth-order valence-electron chi connectivity index (χ4n) is 3.06. The third kappa shape index (κ3) is 3.51. The lowest BCUT2D eigenvalue weighted by atomic mass is 9.97. The van der Waals surface area contributed by atoms with Crippen molar-refractivity contribution in [3.63, 3.8) is 0 Å². The number of amides is 1. The quantitative estimate of drug-likeness (QED) is 0.828. The van der Waals surface area contributed by atoms with Crippen molar-refractivity contribution in [2.75, 3.05) is 6.54 Å². The Morgan fingerprint density at radius 1 is 1.38 bits per heavy atom. The summed E-state index contributed by atoms with van der Waals surface area (Å²) in [4.78, 5) is 16.0. The van der Waals surface area contributed by atoms with Gasteiger partial charge in [-0.2, -0.15) is 0 Å². The van der Waals surface area contributed by atoms with Crippen LogP contribution in [0.25, 0.3) is 0 Å². The van der Waals surface area contributed by atoms with Crippen LogP contribution in [0.2, 0.25) is 0 Å². The number of imidazole rings is 1. The molecule has 1 amide bonds. The zero-order valence-corrected chi connectivity index (χ0v) is 12.2. The Hall–Kier alpha value is -2.10. The molecular formula is C17H21N3O. The molecule has 0 bridgehead atoms. The van der Waals surface area contributed by atoms with E-state index in [1.54, 1.807) is 12.5 Å². The number of aromatic nitrogens is 2. The minimum Gasteiger partial charge on any atom is -0.356 e. The molecule has 4 nitrogen and oxygen atoms in total. The minimum absolute atomic E-state index is 0.169. The summed E-state index contributed by atoms with van der Waals surface area (Å²) in [6.07, 6.45) is 9.27. The van der Waals surface area contributed by atoms with Crippen LogP contribution in [0.15, 0.2) is 43.0 Å². The Morgan fingerprint density at radius 2 is 2.29 bits per heavy atom. The summed E-state index contributed by atoms with van der Waals surface area (Å²) < 4.78 is 2.03. The summed E-state index contributed by atoms with van der Waals surface area (Å²) in [5.41, 5.74) is 2.78. The summed E-state index contributed by atoms with van der Waals surface area (Å²) in [6.45, 7) is 1.62. The molecule has 0 spiro atoms. The molecule has 0 saturated heterocycles. The molecule has 0 fully saturated rings. The SMILES string of the molecule is O=C(C[C@H]1CCc2ccccc21)NCCCn1ccnc1. The molecule has 1 aromatic heterocycles. The van der Waals surface area contributed by atoms with Gasteiger partial charge in [0.2, 0.25) is 5.91 Å². The van der Waals surface area contributed by atoms with Crippen LogP contribution in [-0.4, -0.2) is 22.0 Å². The first-order valence-corrected chi connectivity index (χ1v) is 7.63. The normalized spacial score (nSPS) is 16.7. The minimum atomic E-state index is 0.169. The van der Waals surface area contributed by atoms with Gasteiger partial charge >= 0.3 is 0 Å². The number of carbonyl (C=O) groups excluding carboxylic acids is 1. The monoisotopic (exact) mass is 283 g/mol. The maximum atomic E-state index is 12.0. The lowest BCUT2D eigenvalue weighted by Crippen LogP contribution is -2.26. The Morgan fingerprint density at radius 3 is 3.14 bits per heavy atom. The summed E-state index contributed by atoms with van der Waals surface area (Å²) in [7, 11) is 0. The fraction of sp³-hybridized carbons (Fsp3) is 0.412. The van der Waals surface area contributed by atoms with Crippen LogP contribution in [0.5, 0.6) is 0 Å². The second-order valence-electron chi connectivity index (χ2n) is 5.64. The van der Waals surface area contributed by atoms with Gasteiger partial charge in [0.1, 0.15) is 0 Å². The summed E-state index contributed by atoms with van der Waals surface area (Å²) in [5, 5.41) is 3.03. The first-order valence-electron chi connectivity index (χ1n) is 7.63. The van der Waals surface area contributed by atoms with Gasteiger partial charge in [-0.25, -0.2) is 4.98 Å². The van der Waals surface area contributed by atoms with Crippen molar-refractivity contribution < 1.29 is 4.79 Å². The third-order valence-electron chi connectivity index (χ3n) is 4.16. The van der Waals surface area contributed by atoms with E-state index in [-0.39, 0.29) is 5.91 Å². The molecule has 1 aliphatic rings. The number of rotatable bonds is 6. The number of carbonyl (C=O) groups is 1. The van der Waals surface area contributed by atoms with Crippen molar-refractivity contribution >= 4 is 5.91 Å². The summed E-state index contributed by atoms with van der Waals surface area (Å²) in [6, 6.07) is 8.50. The van der Waals surface area contributed by atoms with E-state index in [2.05, 4.69) is 34.6 Å². The van der Waals surface area contributed by atoms with E-state index in [0.29, 0.717) is 12.3 Å². The predicted molar refractivity (Wildman–Crippen MR) is 82.0 cm³/mol. The average Bonchev–Trinajstić information content (AvgIpc) is 3.14. The fourth-order valence-corrected chi connectivity index (χ4v) is 3.06.